The highest BCUT2D eigenvalue weighted by Gasteiger charge is 2.16. The maximum absolute atomic E-state index is 11.3. The lowest BCUT2D eigenvalue weighted by Crippen LogP contribution is -2.09. The van der Waals surface area contributed by atoms with Crippen LogP contribution in [0.25, 0.3) is 5.57 Å². The van der Waals surface area contributed by atoms with Crippen molar-refractivity contribution in [2.45, 2.75) is 59.3 Å². The molecule has 0 aliphatic heterocycles. The van der Waals surface area contributed by atoms with Crippen LogP contribution in [-0.4, -0.2) is 12.4 Å². The summed E-state index contributed by atoms with van der Waals surface area (Å²) in [4.78, 5) is 12.7. The molecule has 2 aromatic rings. The molecule has 1 aromatic carbocycles. The number of ketones is 1. The molecule has 0 atom stereocenters. The highest BCUT2D eigenvalue weighted by molar-refractivity contribution is 7.11. The Balaban J connectivity index is 1.74. The van der Waals surface area contributed by atoms with Crippen LogP contribution < -0.4 is 4.74 Å². The predicted molar refractivity (Wildman–Crippen MR) is 110 cm³/mol. The molecular weight excluding hydrogens is 340 g/mol. The lowest BCUT2D eigenvalue weighted by molar-refractivity contribution is -0.116. The average Bonchev–Trinajstić information content (AvgIpc) is 3.17. The topological polar surface area (TPSA) is 26.3 Å². The van der Waals surface area contributed by atoms with Crippen molar-refractivity contribution < 1.29 is 9.53 Å². The smallest absolute Gasteiger partial charge is 0.130 e. The summed E-state index contributed by atoms with van der Waals surface area (Å²) in [7, 11) is 0. The van der Waals surface area contributed by atoms with Crippen molar-refractivity contribution in [3.8, 4) is 5.75 Å². The van der Waals surface area contributed by atoms with E-state index in [-0.39, 0.29) is 5.78 Å². The Morgan fingerprint density at radius 2 is 1.92 bits per heavy atom. The lowest BCUT2D eigenvalue weighted by Gasteiger charge is -2.21. The summed E-state index contributed by atoms with van der Waals surface area (Å²) in [5.41, 5.74) is 6.65. The third kappa shape index (κ3) is 4.45. The number of ether oxygens (including phenoxy) is 1. The average molecular weight is 369 g/mol. The summed E-state index contributed by atoms with van der Waals surface area (Å²) in [5, 5.41) is 2.16. The molecule has 0 bridgehead atoms. The monoisotopic (exact) mass is 368 g/mol. The number of rotatable bonds is 7. The number of carbonyl (C=O) groups is 1. The zero-order chi connectivity index (χ0) is 18.5. The Bertz CT molecular complexity index is 800. The first-order chi connectivity index (χ1) is 12.6. The fraction of sp³-hybridized carbons (Fsp3) is 0.435. The molecule has 0 spiro atoms. The molecule has 1 heterocycles. The highest BCUT2D eigenvalue weighted by Crippen LogP contribution is 2.35. The van der Waals surface area contributed by atoms with Crippen molar-refractivity contribution in [1.82, 2.24) is 0 Å². The number of thiophene rings is 1. The zero-order valence-corrected chi connectivity index (χ0v) is 16.9. The van der Waals surface area contributed by atoms with Gasteiger partial charge in [0.1, 0.15) is 18.1 Å². The van der Waals surface area contributed by atoms with Gasteiger partial charge >= 0.3 is 0 Å². The van der Waals surface area contributed by atoms with Crippen LogP contribution in [0.1, 0.15) is 60.6 Å². The minimum Gasteiger partial charge on any atom is -0.489 e. The second kappa shape index (κ2) is 8.68. The first kappa shape index (κ1) is 18.9. The van der Waals surface area contributed by atoms with Gasteiger partial charge in [0.05, 0.1) is 0 Å². The van der Waals surface area contributed by atoms with Crippen molar-refractivity contribution in [3.05, 3.63) is 56.8 Å². The van der Waals surface area contributed by atoms with Gasteiger partial charge in [-0.2, -0.15) is 0 Å². The minimum absolute atomic E-state index is 0.243. The van der Waals surface area contributed by atoms with Gasteiger partial charge in [0.2, 0.25) is 0 Å². The van der Waals surface area contributed by atoms with Crippen LogP contribution in [0.15, 0.2) is 35.2 Å². The fourth-order valence-corrected chi connectivity index (χ4v) is 4.48. The van der Waals surface area contributed by atoms with Gasteiger partial charge in [0.15, 0.2) is 0 Å². The van der Waals surface area contributed by atoms with Crippen molar-refractivity contribution in [2.24, 2.45) is 0 Å². The van der Waals surface area contributed by atoms with Gasteiger partial charge in [0.25, 0.3) is 0 Å². The van der Waals surface area contributed by atoms with Gasteiger partial charge in [-0.05, 0) is 98.2 Å². The summed E-state index contributed by atoms with van der Waals surface area (Å²) < 4.78 is 6.25. The van der Waals surface area contributed by atoms with Gasteiger partial charge in [-0.15, -0.1) is 11.3 Å². The minimum atomic E-state index is 0.243. The second-order valence-electron chi connectivity index (χ2n) is 7.23. The number of benzene rings is 1. The Hall–Kier alpha value is -1.87. The number of aryl methyl sites for hydroxylation is 1. The van der Waals surface area contributed by atoms with Gasteiger partial charge in [-0.3, -0.25) is 0 Å². The van der Waals surface area contributed by atoms with Crippen molar-refractivity contribution in [2.75, 3.05) is 6.61 Å². The quantitative estimate of drug-likeness (QED) is 0.574. The SMILES string of the molecule is CC(=O)CCc1ccc(OCC2=C(c3cccs3)CCCC2)c(C)c1C. The molecule has 138 valence electrons. The number of hydrogen-bond donors (Lipinski definition) is 0. The predicted octanol–water partition coefficient (Wildman–Crippen LogP) is 6.29. The van der Waals surface area contributed by atoms with E-state index in [1.165, 1.54) is 52.0 Å². The summed E-state index contributed by atoms with van der Waals surface area (Å²) in [6.45, 7) is 6.59. The molecule has 26 heavy (non-hydrogen) atoms. The molecule has 1 aliphatic carbocycles. The number of Topliss-reactive ketones (excluding diaryl/α,β-unsaturated/α-hetero) is 1. The molecule has 1 aromatic heterocycles. The molecule has 0 saturated carbocycles. The van der Waals surface area contributed by atoms with Crippen LogP contribution in [0.3, 0.4) is 0 Å². The van der Waals surface area contributed by atoms with Crippen LogP contribution >= 0.6 is 11.3 Å². The molecule has 3 rings (SSSR count). The highest BCUT2D eigenvalue weighted by atomic mass is 32.1. The summed E-state index contributed by atoms with van der Waals surface area (Å²) in [6, 6.07) is 8.56. The molecule has 0 unspecified atom stereocenters. The molecule has 0 radical (unpaired) electrons. The van der Waals surface area contributed by atoms with Crippen molar-refractivity contribution in [1.29, 1.82) is 0 Å². The van der Waals surface area contributed by atoms with Crippen LogP contribution in [-0.2, 0) is 11.2 Å². The fourth-order valence-electron chi connectivity index (χ4n) is 3.63. The normalized spacial score (nSPS) is 14.6. The second-order valence-corrected chi connectivity index (χ2v) is 8.18. The molecule has 0 fully saturated rings. The first-order valence-electron chi connectivity index (χ1n) is 9.52. The van der Waals surface area contributed by atoms with E-state index >= 15 is 0 Å². The summed E-state index contributed by atoms with van der Waals surface area (Å²) in [6.07, 6.45) is 6.27. The van der Waals surface area contributed by atoms with Crippen LogP contribution in [0, 0.1) is 13.8 Å². The lowest BCUT2D eigenvalue weighted by atomic mass is 9.91. The van der Waals surface area contributed by atoms with E-state index in [9.17, 15) is 4.79 Å². The number of allylic oxidation sites excluding steroid dienone is 1. The van der Waals surface area contributed by atoms with E-state index < -0.39 is 0 Å². The molecule has 2 nitrogen and oxygen atoms in total. The molecule has 0 saturated heterocycles. The Labute approximate surface area is 160 Å². The summed E-state index contributed by atoms with van der Waals surface area (Å²) >= 11 is 1.83. The van der Waals surface area contributed by atoms with Gasteiger partial charge in [0, 0.05) is 11.3 Å². The molecular formula is C23H28O2S. The third-order valence-corrected chi connectivity index (χ3v) is 6.33. The standard InChI is InChI=1S/C23H28O2S/c1-16(24)10-11-19-12-13-22(18(3)17(19)2)25-15-20-7-4-5-8-21(20)23-9-6-14-26-23/h6,9,12-14H,4-5,7-8,10-11,15H2,1-3H3. The Kier molecular flexibility index (Phi) is 6.31. The Morgan fingerprint density at radius 3 is 2.65 bits per heavy atom. The van der Waals surface area contributed by atoms with Gasteiger partial charge in [-0.25, -0.2) is 0 Å². The van der Waals surface area contributed by atoms with E-state index in [0.29, 0.717) is 13.0 Å². The largest absolute Gasteiger partial charge is 0.489 e. The van der Waals surface area contributed by atoms with Crippen molar-refractivity contribution in [3.63, 3.8) is 0 Å². The van der Waals surface area contributed by atoms with Crippen LogP contribution in [0.5, 0.6) is 5.75 Å². The van der Waals surface area contributed by atoms with Gasteiger partial charge < -0.3 is 9.53 Å². The van der Waals surface area contributed by atoms with Gasteiger partial charge in [-0.1, -0.05) is 12.1 Å². The molecule has 3 heteroatoms. The van der Waals surface area contributed by atoms with Crippen LogP contribution in [0.2, 0.25) is 0 Å². The third-order valence-electron chi connectivity index (χ3n) is 5.40. The molecule has 0 amide bonds. The summed E-state index contributed by atoms with van der Waals surface area (Å²) in [5.74, 6) is 1.21. The maximum Gasteiger partial charge on any atom is 0.130 e. The van der Waals surface area contributed by atoms with Crippen molar-refractivity contribution >= 4 is 22.7 Å². The van der Waals surface area contributed by atoms with E-state index in [1.807, 2.05) is 11.3 Å². The van der Waals surface area contributed by atoms with E-state index in [4.69, 9.17) is 4.74 Å². The Morgan fingerprint density at radius 1 is 1.12 bits per heavy atom. The number of hydrogen-bond acceptors (Lipinski definition) is 3. The zero-order valence-electron chi connectivity index (χ0n) is 16.1. The van der Waals surface area contributed by atoms with Crippen LogP contribution in [0.4, 0.5) is 0 Å². The maximum atomic E-state index is 11.3. The molecule has 0 N–H and O–H groups in total. The van der Waals surface area contributed by atoms with E-state index in [2.05, 4.69) is 43.5 Å². The first-order valence-corrected chi connectivity index (χ1v) is 10.4. The molecule has 1 aliphatic rings. The number of carbonyl (C=O) groups excluding carboxylic acids is 1. The van der Waals surface area contributed by atoms with E-state index in [0.717, 1.165) is 18.6 Å². The van der Waals surface area contributed by atoms with E-state index in [1.54, 1.807) is 6.92 Å².